The molecule has 0 unspecified atom stereocenters. The van der Waals surface area contributed by atoms with Crippen LogP contribution in [0.3, 0.4) is 0 Å². The summed E-state index contributed by atoms with van der Waals surface area (Å²) in [6.07, 6.45) is 4.10. The van der Waals surface area contributed by atoms with Crippen LogP contribution >= 0.6 is 0 Å². The topological polar surface area (TPSA) is 76.2 Å². The van der Waals surface area contributed by atoms with Gasteiger partial charge < -0.3 is 4.74 Å². The van der Waals surface area contributed by atoms with E-state index in [-0.39, 0.29) is 25.2 Å². The van der Waals surface area contributed by atoms with Gasteiger partial charge in [0.2, 0.25) is 6.41 Å². The van der Waals surface area contributed by atoms with E-state index in [1.807, 2.05) is 65.6 Å². The number of ether oxygens (including phenoxy) is 1. The fourth-order valence-electron chi connectivity index (χ4n) is 5.10. The van der Waals surface area contributed by atoms with Crippen molar-refractivity contribution in [2.75, 3.05) is 0 Å². The molecule has 0 radical (unpaired) electrons. The zero-order chi connectivity index (χ0) is 23.2. The molecule has 7 heteroatoms. The number of nitrogens with zero attached hydrogens (tertiary/aromatic N) is 2. The molecule has 174 valence electrons. The van der Waals surface area contributed by atoms with Gasteiger partial charge >= 0.3 is 5.97 Å². The molecule has 1 heterocycles. The quantitative estimate of drug-likeness (QED) is 0.331. The molecular weight excluding hydrogens is 420 g/mol. The van der Waals surface area contributed by atoms with Crippen molar-refractivity contribution in [3.05, 3.63) is 71.8 Å². The van der Waals surface area contributed by atoms with Crippen LogP contribution in [0.1, 0.15) is 43.7 Å². The summed E-state index contributed by atoms with van der Waals surface area (Å²) in [6.45, 7) is 2.04. The predicted octanol–water partition coefficient (Wildman–Crippen LogP) is 3.48. The summed E-state index contributed by atoms with van der Waals surface area (Å²) >= 11 is 0. The maximum atomic E-state index is 13.2. The third-order valence-electron chi connectivity index (χ3n) is 6.71. The van der Waals surface area contributed by atoms with Crippen LogP contribution in [0.2, 0.25) is 0 Å². The van der Waals surface area contributed by atoms with Crippen LogP contribution in [0.4, 0.5) is 0 Å². The van der Waals surface area contributed by atoms with Gasteiger partial charge in [0.25, 0.3) is 5.91 Å². The van der Waals surface area contributed by atoms with Crippen molar-refractivity contribution in [3.8, 4) is 0 Å². The largest absolute Gasteiger partial charge is 0.460 e. The number of benzene rings is 2. The molecule has 0 spiro atoms. The average molecular weight is 451 g/mol. The van der Waals surface area contributed by atoms with E-state index in [4.69, 9.17) is 9.57 Å². The van der Waals surface area contributed by atoms with Crippen molar-refractivity contribution in [1.82, 2.24) is 9.96 Å². The number of imide groups is 1. The zero-order valence-corrected chi connectivity index (χ0v) is 18.8. The first kappa shape index (κ1) is 23.1. The van der Waals surface area contributed by atoms with Crippen LogP contribution in [0.5, 0.6) is 0 Å². The first-order valence-corrected chi connectivity index (χ1v) is 11.5. The second-order valence-electron chi connectivity index (χ2n) is 8.75. The number of hydrogen-bond donors (Lipinski definition) is 0. The van der Waals surface area contributed by atoms with Gasteiger partial charge in [-0.05, 0) is 43.2 Å². The first-order chi connectivity index (χ1) is 16.1. The standard InChI is InChI=1S/C26H30N2O5/c1-19(25(30)27(18-29)33-17-21-11-6-3-7-12-21)28-23-14-8-13-22(23)15-24(28)26(31)32-16-20-9-4-2-5-10-20/h2-7,9-12,18-19,22-24H,8,13-17H2,1H3/t19-,22+,23-,24+/m1/s1. The lowest BCUT2D eigenvalue weighted by molar-refractivity contribution is -0.194. The highest BCUT2D eigenvalue weighted by molar-refractivity contribution is 5.89. The average Bonchev–Trinajstić information content (AvgIpc) is 3.45. The summed E-state index contributed by atoms with van der Waals surface area (Å²) in [7, 11) is 0. The molecule has 2 aromatic carbocycles. The molecule has 1 aliphatic carbocycles. The van der Waals surface area contributed by atoms with Crippen molar-refractivity contribution in [2.24, 2.45) is 5.92 Å². The van der Waals surface area contributed by atoms with E-state index in [1.54, 1.807) is 6.92 Å². The molecule has 7 nitrogen and oxygen atoms in total. The Labute approximate surface area is 194 Å². The number of carbonyl (C=O) groups is 3. The molecule has 1 saturated heterocycles. The monoisotopic (exact) mass is 450 g/mol. The molecule has 2 aromatic rings. The van der Waals surface area contributed by atoms with E-state index in [0.717, 1.165) is 35.5 Å². The van der Waals surface area contributed by atoms with E-state index < -0.39 is 18.0 Å². The highest BCUT2D eigenvalue weighted by Crippen LogP contribution is 2.43. The molecule has 0 N–H and O–H groups in total. The van der Waals surface area contributed by atoms with Crippen LogP contribution in [0, 0.1) is 5.92 Å². The smallest absolute Gasteiger partial charge is 0.323 e. The van der Waals surface area contributed by atoms with E-state index in [2.05, 4.69) is 0 Å². The summed E-state index contributed by atoms with van der Waals surface area (Å²) in [5.41, 5.74) is 1.77. The van der Waals surface area contributed by atoms with Crippen LogP contribution in [0.25, 0.3) is 0 Å². The summed E-state index contributed by atoms with van der Waals surface area (Å²) in [5.74, 6) is -0.449. The number of fused-ring (bicyclic) bond motifs is 1. The lowest BCUT2D eigenvalue weighted by atomic mass is 10.0. The van der Waals surface area contributed by atoms with Gasteiger partial charge in [-0.3, -0.25) is 24.1 Å². The van der Waals surface area contributed by atoms with E-state index in [1.165, 1.54) is 0 Å². The van der Waals surface area contributed by atoms with Crippen molar-refractivity contribution < 1.29 is 24.0 Å². The Morgan fingerprint density at radius 1 is 1.03 bits per heavy atom. The minimum absolute atomic E-state index is 0.104. The molecule has 2 amide bonds. The fourth-order valence-corrected chi connectivity index (χ4v) is 5.10. The Kier molecular flexibility index (Phi) is 7.52. The molecule has 1 saturated carbocycles. The van der Waals surface area contributed by atoms with Crippen molar-refractivity contribution >= 4 is 18.3 Å². The highest BCUT2D eigenvalue weighted by Gasteiger charge is 2.50. The summed E-state index contributed by atoms with van der Waals surface area (Å²) in [4.78, 5) is 45.4. The van der Waals surface area contributed by atoms with Gasteiger partial charge in [-0.1, -0.05) is 67.1 Å². The predicted molar refractivity (Wildman–Crippen MR) is 121 cm³/mol. The molecule has 2 fully saturated rings. The number of likely N-dealkylation sites (tertiary alicyclic amines) is 1. The highest BCUT2D eigenvalue weighted by atomic mass is 16.7. The summed E-state index contributed by atoms with van der Waals surface area (Å²) in [6, 6.07) is 17.8. The van der Waals surface area contributed by atoms with Crippen LogP contribution in [-0.4, -0.2) is 46.4 Å². The normalized spacial score (nSPS) is 23.0. The molecule has 33 heavy (non-hydrogen) atoms. The van der Waals surface area contributed by atoms with Gasteiger partial charge in [0.1, 0.15) is 19.3 Å². The van der Waals surface area contributed by atoms with Crippen molar-refractivity contribution in [3.63, 3.8) is 0 Å². The van der Waals surface area contributed by atoms with Gasteiger partial charge in [0.05, 0.1) is 6.04 Å². The molecular formula is C26H30N2O5. The Balaban J connectivity index is 1.44. The maximum Gasteiger partial charge on any atom is 0.323 e. The van der Waals surface area contributed by atoms with Crippen LogP contribution < -0.4 is 0 Å². The Hall–Kier alpha value is -3.03. The lowest BCUT2D eigenvalue weighted by Gasteiger charge is -2.34. The van der Waals surface area contributed by atoms with Gasteiger partial charge in [-0.15, -0.1) is 0 Å². The third-order valence-corrected chi connectivity index (χ3v) is 6.71. The SMILES string of the molecule is C[C@H](C(=O)N(C=O)OCc1ccccc1)N1[C@@H]2CCC[C@H]2C[C@H]1C(=O)OCc1ccccc1. The first-order valence-electron chi connectivity index (χ1n) is 11.5. The van der Waals surface area contributed by atoms with E-state index >= 15 is 0 Å². The van der Waals surface area contributed by atoms with Gasteiger partial charge in [0.15, 0.2) is 0 Å². The maximum absolute atomic E-state index is 13.2. The third kappa shape index (κ3) is 5.31. The van der Waals surface area contributed by atoms with E-state index in [9.17, 15) is 14.4 Å². The fraction of sp³-hybridized carbons (Fsp3) is 0.423. The second kappa shape index (κ2) is 10.7. The minimum atomic E-state index is -0.687. The number of esters is 1. The number of hydroxylamine groups is 2. The molecule has 1 aliphatic heterocycles. The van der Waals surface area contributed by atoms with Gasteiger partial charge in [-0.2, -0.15) is 5.06 Å². The van der Waals surface area contributed by atoms with Crippen molar-refractivity contribution in [2.45, 2.75) is 63.9 Å². The van der Waals surface area contributed by atoms with E-state index in [0.29, 0.717) is 18.7 Å². The molecule has 4 rings (SSSR count). The Bertz CT molecular complexity index is 952. The number of rotatable bonds is 9. The minimum Gasteiger partial charge on any atom is -0.460 e. The van der Waals surface area contributed by atoms with Gasteiger partial charge in [0, 0.05) is 6.04 Å². The Morgan fingerprint density at radius 3 is 2.30 bits per heavy atom. The number of hydrogen-bond acceptors (Lipinski definition) is 6. The molecule has 2 aliphatic rings. The zero-order valence-electron chi connectivity index (χ0n) is 18.8. The number of carbonyl (C=O) groups excluding carboxylic acids is 3. The molecule has 0 aromatic heterocycles. The molecule has 4 atom stereocenters. The second-order valence-corrected chi connectivity index (χ2v) is 8.75. The van der Waals surface area contributed by atoms with Gasteiger partial charge in [-0.25, -0.2) is 0 Å². The van der Waals surface area contributed by atoms with Crippen molar-refractivity contribution in [1.29, 1.82) is 0 Å². The summed E-state index contributed by atoms with van der Waals surface area (Å²) in [5, 5.41) is 0.756. The molecule has 0 bridgehead atoms. The Morgan fingerprint density at radius 2 is 1.67 bits per heavy atom. The van der Waals surface area contributed by atoms with Crippen LogP contribution in [-0.2, 0) is 37.2 Å². The van der Waals surface area contributed by atoms with Crippen LogP contribution in [0.15, 0.2) is 60.7 Å². The summed E-state index contributed by atoms with van der Waals surface area (Å²) < 4.78 is 5.62. The lowest BCUT2D eigenvalue weighted by Crippen LogP contribution is -2.53. The number of amides is 2.